The van der Waals surface area contributed by atoms with Crippen LogP contribution in [0.15, 0.2) is 30.7 Å². The molecule has 0 fully saturated rings. The normalized spacial score (nSPS) is 10.3. The molecule has 1 aromatic heterocycles. The molecule has 0 aliphatic rings. The lowest BCUT2D eigenvalue weighted by Gasteiger charge is -2.08. The predicted octanol–water partition coefficient (Wildman–Crippen LogP) is 3.02. The zero-order valence-corrected chi connectivity index (χ0v) is 11.0. The van der Waals surface area contributed by atoms with Crippen molar-refractivity contribution >= 4 is 34.7 Å². The minimum Gasteiger partial charge on any atom is -0.394 e. The number of hydrogen-bond donors (Lipinski definition) is 2. The van der Waals surface area contributed by atoms with Gasteiger partial charge in [-0.05, 0) is 24.1 Å². The molecular weight excluding hydrogens is 271 g/mol. The third-order valence-corrected chi connectivity index (χ3v) is 3.03. The van der Waals surface area contributed by atoms with Crippen molar-refractivity contribution < 1.29 is 0 Å². The lowest BCUT2D eigenvalue weighted by Crippen LogP contribution is -2.08. The van der Waals surface area contributed by atoms with Crippen LogP contribution in [0.3, 0.4) is 0 Å². The van der Waals surface area contributed by atoms with Crippen LogP contribution in [-0.4, -0.2) is 16.5 Å². The van der Waals surface area contributed by atoms with E-state index in [1.165, 1.54) is 6.33 Å². The Labute approximate surface area is 115 Å². The summed E-state index contributed by atoms with van der Waals surface area (Å²) in [7, 11) is 0. The average Bonchev–Trinajstić information content (AvgIpc) is 2.34. The fraction of sp³-hybridized carbons (Fsp3) is 0.167. The highest BCUT2D eigenvalue weighted by atomic mass is 35.5. The maximum atomic E-state index is 6.08. The van der Waals surface area contributed by atoms with Gasteiger partial charge in [0.25, 0.3) is 0 Å². The third kappa shape index (κ3) is 3.24. The van der Waals surface area contributed by atoms with E-state index in [0.29, 0.717) is 28.1 Å². The summed E-state index contributed by atoms with van der Waals surface area (Å²) in [5, 5.41) is 4.44. The molecule has 0 bridgehead atoms. The van der Waals surface area contributed by atoms with Crippen molar-refractivity contribution in [2.45, 2.75) is 6.42 Å². The van der Waals surface area contributed by atoms with E-state index >= 15 is 0 Å². The number of nitrogens with two attached hydrogens (primary N) is 1. The molecule has 2 aromatic rings. The van der Waals surface area contributed by atoms with Gasteiger partial charge in [0.2, 0.25) is 0 Å². The standard InChI is InChI=1S/C12H12Cl2N4/c13-9-2-1-8(10(14)5-9)3-4-17-12-11(15)6-16-7-18-12/h1-2,5-7H,3-4,15H2,(H,16,17,18). The van der Waals surface area contributed by atoms with Crippen molar-refractivity contribution in [3.63, 3.8) is 0 Å². The average molecular weight is 283 g/mol. The van der Waals surface area contributed by atoms with E-state index in [0.717, 1.165) is 12.0 Å². The van der Waals surface area contributed by atoms with Gasteiger partial charge < -0.3 is 11.1 Å². The van der Waals surface area contributed by atoms with Gasteiger partial charge in [-0.15, -0.1) is 0 Å². The Morgan fingerprint density at radius 3 is 2.83 bits per heavy atom. The monoisotopic (exact) mass is 282 g/mol. The van der Waals surface area contributed by atoms with Gasteiger partial charge >= 0.3 is 0 Å². The van der Waals surface area contributed by atoms with Crippen molar-refractivity contribution in [3.05, 3.63) is 46.3 Å². The van der Waals surface area contributed by atoms with E-state index in [1.54, 1.807) is 12.3 Å². The SMILES string of the molecule is Nc1cncnc1NCCc1ccc(Cl)cc1Cl. The number of nitrogen functional groups attached to an aromatic ring is 1. The van der Waals surface area contributed by atoms with Gasteiger partial charge in [-0.1, -0.05) is 29.3 Å². The molecule has 1 aromatic carbocycles. The van der Waals surface area contributed by atoms with Crippen molar-refractivity contribution in [3.8, 4) is 0 Å². The van der Waals surface area contributed by atoms with Crippen LogP contribution in [0.25, 0.3) is 0 Å². The molecule has 0 aliphatic carbocycles. The molecule has 0 amide bonds. The van der Waals surface area contributed by atoms with Crippen LogP contribution >= 0.6 is 23.2 Å². The largest absolute Gasteiger partial charge is 0.394 e. The quantitative estimate of drug-likeness (QED) is 0.905. The van der Waals surface area contributed by atoms with E-state index in [9.17, 15) is 0 Å². The summed E-state index contributed by atoms with van der Waals surface area (Å²) in [6, 6.07) is 5.47. The van der Waals surface area contributed by atoms with Crippen molar-refractivity contribution in [2.75, 3.05) is 17.6 Å². The summed E-state index contributed by atoms with van der Waals surface area (Å²) < 4.78 is 0. The Balaban J connectivity index is 1.95. The lowest BCUT2D eigenvalue weighted by atomic mass is 10.1. The summed E-state index contributed by atoms with van der Waals surface area (Å²) in [5.41, 5.74) is 7.28. The Morgan fingerprint density at radius 2 is 2.11 bits per heavy atom. The van der Waals surface area contributed by atoms with Crippen molar-refractivity contribution in [1.29, 1.82) is 0 Å². The highest BCUT2D eigenvalue weighted by Crippen LogP contribution is 2.21. The van der Waals surface area contributed by atoms with E-state index in [1.807, 2.05) is 12.1 Å². The first-order valence-corrected chi connectivity index (χ1v) is 6.15. The van der Waals surface area contributed by atoms with Crippen molar-refractivity contribution in [1.82, 2.24) is 9.97 Å². The second-order valence-corrected chi connectivity index (χ2v) is 4.58. The number of rotatable bonds is 4. The second-order valence-electron chi connectivity index (χ2n) is 3.74. The Bertz CT molecular complexity index is 545. The first-order chi connectivity index (χ1) is 8.66. The Morgan fingerprint density at radius 1 is 1.28 bits per heavy atom. The number of hydrogen-bond acceptors (Lipinski definition) is 4. The van der Waals surface area contributed by atoms with Gasteiger partial charge in [-0.3, -0.25) is 0 Å². The first-order valence-electron chi connectivity index (χ1n) is 5.40. The summed E-state index contributed by atoms with van der Waals surface area (Å²) >= 11 is 11.9. The van der Waals surface area contributed by atoms with Crippen LogP contribution in [-0.2, 0) is 6.42 Å². The molecule has 0 aliphatic heterocycles. The highest BCUT2D eigenvalue weighted by Gasteiger charge is 2.03. The van der Waals surface area contributed by atoms with Crippen LogP contribution in [0.4, 0.5) is 11.5 Å². The van der Waals surface area contributed by atoms with Gasteiger partial charge in [0.05, 0.1) is 11.9 Å². The summed E-state index contributed by atoms with van der Waals surface area (Å²) in [6.07, 6.45) is 3.78. The molecule has 0 spiro atoms. The first kappa shape index (κ1) is 12.9. The number of nitrogens with zero attached hydrogens (tertiary/aromatic N) is 2. The smallest absolute Gasteiger partial charge is 0.152 e. The lowest BCUT2D eigenvalue weighted by molar-refractivity contribution is 1.00. The zero-order valence-electron chi connectivity index (χ0n) is 9.53. The minimum absolute atomic E-state index is 0.528. The fourth-order valence-electron chi connectivity index (χ4n) is 1.53. The second kappa shape index (κ2) is 5.89. The van der Waals surface area contributed by atoms with Crippen LogP contribution < -0.4 is 11.1 Å². The van der Waals surface area contributed by atoms with Crippen LogP contribution in [0.5, 0.6) is 0 Å². The zero-order chi connectivity index (χ0) is 13.0. The molecule has 0 saturated heterocycles. The Hall–Kier alpha value is -1.52. The molecule has 3 N–H and O–H groups in total. The van der Waals surface area contributed by atoms with Crippen LogP contribution in [0.1, 0.15) is 5.56 Å². The maximum Gasteiger partial charge on any atom is 0.152 e. The number of halogens is 2. The van der Waals surface area contributed by atoms with E-state index in [2.05, 4.69) is 15.3 Å². The molecular formula is C12H12Cl2N4. The maximum absolute atomic E-state index is 6.08. The summed E-state index contributed by atoms with van der Waals surface area (Å²) in [5.74, 6) is 0.634. The van der Waals surface area contributed by atoms with Gasteiger partial charge in [0.15, 0.2) is 5.82 Å². The molecule has 4 nitrogen and oxygen atoms in total. The summed E-state index contributed by atoms with van der Waals surface area (Å²) in [6.45, 7) is 0.683. The predicted molar refractivity (Wildman–Crippen MR) is 75.1 cm³/mol. The van der Waals surface area contributed by atoms with Gasteiger partial charge in [0, 0.05) is 16.6 Å². The van der Waals surface area contributed by atoms with Crippen LogP contribution in [0.2, 0.25) is 10.0 Å². The molecule has 0 atom stereocenters. The third-order valence-electron chi connectivity index (χ3n) is 2.44. The topological polar surface area (TPSA) is 63.8 Å². The van der Waals surface area contributed by atoms with Gasteiger partial charge in [0.1, 0.15) is 6.33 Å². The van der Waals surface area contributed by atoms with Crippen molar-refractivity contribution in [2.24, 2.45) is 0 Å². The van der Waals surface area contributed by atoms with Crippen LogP contribution in [0, 0.1) is 0 Å². The van der Waals surface area contributed by atoms with Gasteiger partial charge in [-0.25, -0.2) is 9.97 Å². The number of anilines is 2. The number of benzene rings is 1. The molecule has 1 heterocycles. The molecule has 94 valence electrons. The molecule has 6 heteroatoms. The number of nitrogens with one attached hydrogen (secondary N) is 1. The minimum atomic E-state index is 0.528. The molecule has 0 unspecified atom stereocenters. The van der Waals surface area contributed by atoms with E-state index in [4.69, 9.17) is 28.9 Å². The van der Waals surface area contributed by atoms with Gasteiger partial charge in [-0.2, -0.15) is 0 Å². The molecule has 18 heavy (non-hydrogen) atoms. The molecule has 0 saturated carbocycles. The van der Waals surface area contributed by atoms with E-state index < -0.39 is 0 Å². The summed E-state index contributed by atoms with van der Waals surface area (Å²) in [4.78, 5) is 7.87. The highest BCUT2D eigenvalue weighted by molar-refractivity contribution is 6.35. The Kier molecular flexibility index (Phi) is 4.23. The molecule has 2 rings (SSSR count). The van der Waals surface area contributed by atoms with E-state index in [-0.39, 0.29) is 0 Å². The fourth-order valence-corrected chi connectivity index (χ4v) is 2.03. The number of aromatic nitrogens is 2. The molecule has 0 radical (unpaired) electrons.